The van der Waals surface area contributed by atoms with Crippen LogP contribution in [0.2, 0.25) is 0 Å². The summed E-state index contributed by atoms with van der Waals surface area (Å²) in [4.78, 5) is 34.4. The fourth-order valence-corrected chi connectivity index (χ4v) is 3.94. The van der Waals surface area contributed by atoms with Gasteiger partial charge in [-0.2, -0.15) is 5.10 Å². The molecule has 5 heterocycles. The number of nitrogens with zero attached hydrogens (tertiary/aromatic N) is 11. The van der Waals surface area contributed by atoms with Gasteiger partial charge in [0.05, 0.1) is 42.1 Å². The predicted octanol–water partition coefficient (Wildman–Crippen LogP) is 1.03. The van der Waals surface area contributed by atoms with Gasteiger partial charge in [-0.3, -0.25) is 4.68 Å². The van der Waals surface area contributed by atoms with E-state index in [2.05, 4.69) is 61.6 Å². The highest BCUT2D eigenvalue weighted by atomic mass is 19.1. The molecule has 1 saturated heterocycles. The molecule has 0 saturated carbocycles. The fourth-order valence-electron chi connectivity index (χ4n) is 3.94. The number of anilines is 2. The minimum atomic E-state index is -0.479. The van der Waals surface area contributed by atoms with E-state index in [9.17, 15) is 4.39 Å². The topological polar surface area (TPSA) is 124 Å². The van der Waals surface area contributed by atoms with Crippen molar-refractivity contribution >= 4 is 11.9 Å². The molecule has 0 bridgehead atoms. The molecule has 12 nitrogen and oxygen atoms in total. The second-order valence-electron chi connectivity index (χ2n) is 8.18. The third-order valence-electron chi connectivity index (χ3n) is 5.71. The van der Waals surface area contributed by atoms with Crippen molar-refractivity contribution in [2.75, 3.05) is 49.8 Å². The molecule has 0 aromatic carbocycles. The minimum absolute atomic E-state index is 0.0344. The number of aryl methyl sites for hydroxylation is 1. The molecule has 0 N–H and O–H groups in total. The lowest BCUT2D eigenvalue weighted by atomic mass is 10.2. The van der Waals surface area contributed by atoms with Gasteiger partial charge >= 0.3 is 0 Å². The van der Waals surface area contributed by atoms with Crippen LogP contribution in [0.25, 0.3) is 11.4 Å². The third kappa shape index (κ3) is 5.81. The molecule has 1 aliphatic heterocycles. The molecule has 37 heavy (non-hydrogen) atoms. The van der Waals surface area contributed by atoms with Crippen molar-refractivity contribution in [3.63, 3.8) is 0 Å². The Kier molecular flexibility index (Phi) is 7.47. The van der Waals surface area contributed by atoms with Crippen LogP contribution in [0.15, 0.2) is 49.8 Å². The molecule has 1 fully saturated rings. The van der Waals surface area contributed by atoms with Gasteiger partial charge in [-0.05, 0) is 0 Å². The summed E-state index contributed by atoms with van der Waals surface area (Å²) in [5.74, 6) is 7.85. The molecular weight excluding hydrogens is 477 g/mol. The number of hydrogen-bond donors (Lipinski definition) is 0. The van der Waals surface area contributed by atoms with Gasteiger partial charge < -0.3 is 14.5 Å². The first-order valence-electron chi connectivity index (χ1n) is 11.6. The Morgan fingerprint density at radius 3 is 2.30 bits per heavy atom. The number of rotatable bonds is 7. The molecule has 0 radical (unpaired) electrons. The van der Waals surface area contributed by atoms with Gasteiger partial charge in [0.15, 0.2) is 5.82 Å². The summed E-state index contributed by atoms with van der Waals surface area (Å²) in [5, 5.41) is 4.09. The smallest absolute Gasteiger partial charge is 0.228 e. The summed E-state index contributed by atoms with van der Waals surface area (Å²) >= 11 is 0. The van der Waals surface area contributed by atoms with Gasteiger partial charge in [0.25, 0.3) is 0 Å². The van der Waals surface area contributed by atoms with E-state index in [1.807, 2.05) is 0 Å². The molecule has 1 atom stereocenters. The van der Waals surface area contributed by atoms with Crippen LogP contribution in [-0.2, 0) is 11.3 Å². The van der Waals surface area contributed by atoms with Crippen LogP contribution in [0.4, 0.5) is 16.3 Å². The highest BCUT2D eigenvalue weighted by Crippen LogP contribution is 2.19. The van der Waals surface area contributed by atoms with Gasteiger partial charge in [0, 0.05) is 57.7 Å². The number of hydrogen-bond acceptors (Lipinski definition) is 11. The Hall–Kier alpha value is -4.57. The normalized spacial score (nSPS) is 15.4. The third-order valence-corrected chi connectivity index (χ3v) is 5.71. The van der Waals surface area contributed by atoms with E-state index < -0.39 is 6.67 Å². The number of ether oxygens (including phenoxy) is 1. The maximum atomic E-state index is 12.5. The molecule has 1 aliphatic rings. The van der Waals surface area contributed by atoms with Crippen LogP contribution in [0.5, 0.6) is 0 Å². The van der Waals surface area contributed by atoms with Crippen LogP contribution < -0.4 is 9.80 Å². The van der Waals surface area contributed by atoms with E-state index in [1.54, 1.807) is 44.3 Å². The Morgan fingerprint density at radius 2 is 1.62 bits per heavy atom. The molecule has 4 aromatic heterocycles. The second-order valence-corrected chi connectivity index (χ2v) is 8.18. The summed E-state index contributed by atoms with van der Waals surface area (Å²) < 4.78 is 19.4. The van der Waals surface area contributed by atoms with Gasteiger partial charge in [-0.15, -0.1) is 0 Å². The SMILES string of the molecule is COC[C@H]1CN(c2ncncn2)CCN1c1ncc(C#Cc2cnc(-c3cnn(CCF)c3)nc2)cn1. The van der Waals surface area contributed by atoms with E-state index in [0.717, 1.165) is 12.1 Å². The quantitative estimate of drug-likeness (QED) is 0.337. The van der Waals surface area contributed by atoms with Gasteiger partial charge in [0.2, 0.25) is 11.9 Å². The molecule has 0 aliphatic carbocycles. The molecule has 5 rings (SSSR count). The van der Waals surface area contributed by atoms with Crippen LogP contribution in [-0.4, -0.2) is 90.7 Å². The van der Waals surface area contributed by atoms with Crippen LogP contribution in [0, 0.1) is 11.8 Å². The van der Waals surface area contributed by atoms with Gasteiger partial charge in [-0.1, -0.05) is 11.8 Å². The van der Waals surface area contributed by atoms with Crippen molar-refractivity contribution < 1.29 is 9.13 Å². The second kappa shape index (κ2) is 11.4. The van der Waals surface area contributed by atoms with Crippen LogP contribution in [0.1, 0.15) is 11.1 Å². The molecule has 0 amide bonds. The molecule has 0 unspecified atom stereocenters. The first-order valence-corrected chi connectivity index (χ1v) is 11.6. The van der Waals surface area contributed by atoms with Crippen molar-refractivity contribution in [1.82, 2.24) is 44.7 Å². The number of piperazine rings is 1. The molecule has 4 aromatic rings. The Labute approximate surface area is 212 Å². The van der Waals surface area contributed by atoms with Gasteiger partial charge in [-0.25, -0.2) is 39.3 Å². The lowest BCUT2D eigenvalue weighted by Gasteiger charge is -2.41. The van der Waals surface area contributed by atoms with Crippen molar-refractivity contribution in [3.8, 4) is 23.2 Å². The molecular formula is C24H24FN11O. The zero-order valence-electron chi connectivity index (χ0n) is 20.1. The number of methoxy groups -OCH3 is 1. The summed E-state index contributed by atoms with van der Waals surface area (Å²) in [7, 11) is 1.68. The Morgan fingerprint density at radius 1 is 0.919 bits per heavy atom. The summed E-state index contributed by atoms with van der Waals surface area (Å²) in [6.07, 6.45) is 13.0. The Bertz CT molecular complexity index is 1350. The first kappa shape index (κ1) is 24.1. The lowest BCUT2D eigenvalue weighted by Crippen LogP contribution is -2.56. The molecule has 188 valence electrons. The van der Waals surface area contributed by atoms with Crippen molar-refractivity contribution in [2.45, 2.75) is 12.6 Å². The van der Waals surface area contributed by atoms with Crippen molar-refractivity contribution in [3.05, 3.63) is 61.0 Å². The zero-order chi connectivity index (χ0) is 25.5. The number of halogens is 1. The van der Waals surface area contributed by atoms with E-state index >= 15 is 0 Å². The fraction of sp³-hybridized carbons (Fsp3) is 0.333. The maximum absolute atomic E-state index is 12.5. The molecule has 13 heteroatoms. The van der Waals surface area contributed by atoms with E-state index in [0.29, 0.717) is 48.5 Å². The van der Waals surface area contributed by atoms with Crippen molar-refractivity contribution in [1.29, 1.82) is 0 Å². The monoisotopic (exact) mass is 501 g/mol. The summed E-state index contributed by atoms with van der Waals surface area (Å²) in [6.45, 7) is 2.33. The highest BCUT2D eigenvalue weighted by Gasteiger charge is 2.30. The summed E-state index contributed by atoms with van der Waals surface area (Å²) in [6, 6.07) is 0.0344. The largest absolute Gasteiger partial charge is 0.382 e. The number of aromatic nitrogens is 9. The number of alkyl halides is 1. The lowest BCUT2D eigenvalue weighted by molar-refractivity contribution is 0.173. The standard InChI is InChI=1S/C24H24FN11O/c1-37-15-21-14-34(23-31-16-26-17-32-23)6-7-36(21)24-29-10-19(11-30-24)3-2-18-8-27-22(28-9-18)20-12-33-35(13-20)5-4-25/h8-13,16-17,21H,4-7,14-15H2,1H3/t21-/m1/s1. The predicted molar refractivity (Wildman–Crippen MR) is 132 cm³/mol. The maximum Gasteiger partial charge on any atom is 0.228 e. The average Bonchev–Trinajstić information content (AvgIpc) is 3.42. The van der Waals surface area contributed by atoms with Crippen molar-refractivity contribution in [2.24, 2.45) is 0 Å². The van der Waals surface area contributed by atoms with E-state index in [4.69, 9.17) is 4.74 Å². The van der Waals surface area contributed by atoms with E-state index in [-0.39, 0.29) is 12.6 Å². The van der Waals surface area contributed by atoms with E-state index in [1.165, 1.54) is 17.3 Å². The van der Waals surface area contributed by atoms with Gasteiger partial charge in [0.1, 0.15) is 19.3 Å². The summed E-state index contributed by atoms with van der Waals surface area (Å²) in [5.41, 5.74) is 2.05. The minimum Gasteiger partial charge on any atom is -0.382 e. The molecule has 0 spiro atoms. The average molecular weight is 502 g/mol. The van der Waals surface area contributed by atoms with Crippen LogP contribution in [0.3, 0.4) is 0 Å². The zero-order valence-corrected chi connectivity index (χ0v) is 20.1. The highest BCUT2D eigenvalue weighted by molar-refractivity contribution is 5.52. The Balaban J connectivity index is 1.24. The first-order chi connectivity index (χ1) is 18.2. The van der Waals surface area contributed by atoms with Crippen LogP contribution >= 0.6 is 0 Å².